The summed E-state index contributed by atoms with van der Waals surface area (Å²) in [5, 5.41) is 8.69. The number of aliphatic carboxylic acids is 1. The van der Waals surface area contributed by atoms with Crippen LogP contribution in [0, 0.1) is 5.92 Å². The van der Waals surface area contributed by atoms with Gasteiger partial charge in [-0.3, -0.25) is 4.90 Å². The van der Waals surface area contributed by atoms with Crippen molar-refractivity contribution in [2.75, 3.05) is 7.05 Å². The van der Waals surface area contributed by atoms with E-state index in [1.54, 1.807) is 6.08 Å². The minimum atomic E-state index is -0.908. The number of carboxylic acids is 1. The van der Waals surface area contributed by atoms with E-state index in [0.717, 1.165) is 18.0 Å². The first-order valence-electron chi connectivity index (χ1n) is 7.75. The van der Waals surface area contributed by atoms with E-state index in [4.69, 9.17) is 5.11 Å². The third-order valence-electron chi connectivity index (χ3n) is 4.41. The molecule has 1 fully saturated rings. The monoisotopic (exact) mass is 287 g/mol. The average Bonchev–Trinajstić information content (AvgIpc) is 2.46. The Balaban J connectivity index is 1.95. The first-order chi connectivity index (χ1) is 10.0. The summed E-state index contributed by atoms with van der Waals surface area (Å²) in [5.41, 5.74) is 2.18. The van der Waals surface area contributed by atoms with Gasteiger partial charge in [-0.2, -0.15) is 0 Å². The van der Waals surface area contributed by atoms with Gasteiger partial charge in [-0.15, -0.1) is 0 Å². The zero-order chi connectivity index (χ0) is 15.2. The zero-order valence-corrected chi connectivity index (χ0v) is 13.0. The number of carbonyl (C=O) groups is 1. The van der Waals surface area contributed by atoms with Crippen molar-refractivity contribution < 1.29 is 9.90 Å². The zero-order valence-electron chi connectivity index (χ0n) is 13.0. The SMILES string of the molecule is CC1CCC(N(C)Cc2cccc(C=CC(=O)O)c2)CC1. The number of hydrogen-bond donors (Lipinski definition) is 1. The Bertz CT molecular complexity index is 502. The van der Waals surface area contributed by atoms with Crippen molar-refractivity contribution in [1.82, 2.24) is 4.90 Å². The van der Waals surface area contributed by atoms with Gasteiger partial charge in [0.2, 0.25) is 0 Å². The third-order valence-corrected chi connectivity index (χ3v) is 4.41. The lowest BCUT2D eigenvalue weighted by molar-refractivity contribution is -0.131. The van der Waals surface area contributed by atoms with Gasteiger partial charge in [0, 0.05) is 18.7 Å². The highest BCUT2D eigenvalue weighted by Crippen LogP contribution is 2.27. The predicted octanol–water partition coefficient (Wildman–Crippen LogP) is 3.79. The maximum Gasteiger partial charge on any atom is 0.328 e. The van der Waals surface area contributed by atoms with Gasteiger partial charge in [0.1, 0.15) is 0 Å². The Hall–Kier alpha value is -1.61. The molecule has 0 aromatic heterocycles. The highest BCUT2D eigenvalue weighted by Gasteiger charge is 2.21. The fourth-order valence-corrected chi connectivity index (χ4v) is 3.06. The Morgan fingerprint density at radius 2 is 2.05 bits per heavy atom. The van der Waals surface area contributed by atoms with E-state index in [-0.39, 0.29) is 0 Å². The van der Waals surface area contributed by atoms with Crippen molar-refractivity contribution >= 4 is 12.0 Å². The summed E-state index contributed by atoms with van der Waals surface area (Å²) in [4.78, 5) is 13.0. The lowest BCUT2D eigenvalue weighted by Crippen LogP contribution is -2.34. The summed E-state index contributed by atoms with van der Waals surface area (Å²) >= 11 is 0. The molecule has 0 bridgehead atoms. The van der Waals surface area contributed by atoms with Crippen LogP contribution in [0.5, 0.6) is 0 Å². The third kappa shape index (κ3) is 5.01. The number of benzene rings is 1. The largest absolute Gasteiger partial charge is 0.478 e. The highest BCUT2D eigenvalue weighted by molar-refractivity contribution is 5.85. The minimum absolute atomic E-state index is 0.680. The summed E-state index contributed by atoms with van der Waals surface area (Å²) < 4.78 is 0. The van der Waals surface area contributed by atoms with Gasteiger partial charge in [-0.25, -0.2) is 4.79 Å². The predicted molar refractivity (Wildman–Crippen MR) is 86.0 cm³/mol. The first-order valence-corrected chi connectivity index (χ1v) is 7.75. The molecule has 21 heavy (non-hydrogen) atoms. The first kappa shape index (κ1) is 15.8. The molecule has 0 heterocycles. The van der Waals surface area contributed by atoms with Crippen molar-refractivity contribution in [3.8, 4) is 0 Å². The van der Waals surface area contributed by atoms with Gasteiger partial charge >= 0.3 is 5.97 Å². The number of hydrogen-bond acceptors (Lipinski definition) is 2. The topological polar surface area (TPSA) is 40.5 Å². The molecule has 114 valence electrons. The van der Waals surface area contributed by atoms with E-state index in [0.29, 0.717) is 6.04 Å². The number of rotatable bonds is 5. The molecular weight excluding hydrogens is 262 g/mol. The average molecular weight is 287 g/mol. The van der Waals surface area contributed by atoms with Gasteiger partial charge in [-0.05, 0) is 55.9 Å². The molecule has 1 saturated carbocycles. The van der Waals surface area contributed by atoms with Crippen LogP contribution in [-0.2, 0) is 11.3 Å². The van der Waals surface area contributed by atoms with Crippen LogP contribution in [-0.4, -0.2) is 29.1 Å². The summed E-state index contributed by atoms with van der Waals surface area (Å²) in [5.74, 6) is -0.0343. The normalized spacial score (nSPS) is 22.8. The molecule has 3 nitrogen and oxygen atoms in total. The van der Waals surface area contributed by atoms with Gasteiger partial charge < -0.3 is 5.11 Å². The molecular formula is C18H25NO2. The Morgan fingerprint density at radius 3 is 2.71 bits per heavy atom. The molecule has 0 unspecified atom stereocenters. The van der Waals surface area contributed by atoms with Crippen LogP contribution in [0.4, 0.5) is 0 Å². The molecule has 0 spiro atoms. The standard InChI is InChI=1S/C18H25NO2/c1-14-6-9-17(10-7-14)19(2)13-16-5-3-4-15(12-16)8-11-18(20)21/h3-5,8,11-12,14,17H,6-7,9-10,13H2,1-2H3,(H,20,21). The molecule has 2 rings (SSSR count). The van der Waals surface area contributed by atoms with E-state index in [9.17, 15) is 4.79 Å². The molecule has 1 aliphatic carbocycles. The minimum Gasteiger partial charge on any atom is -0.478 e. The fraction of sp³-hybridized carbons (Fsp3) is 0.500. The van der Waals surface area contributed by atoms with E-state index >= 15 is 0 Å². The van der Waals surface area contributed by atoms with Gasteiger partial charge in [0.15, 0.2) is 0 Å². The molecule has 0 atom stereocenters. The summed E-state index contributed by atoms with van der Waals surface area (Å²) in [6.45, 7) is 3.27. The fourth-order valence-electron chi connectivity index (χ4n) is 3.06. The quantitative estimate of drug-likeness (QED) is 0.838. The van der Waals surface area contributed by atoms with Crippen LogP contribution in [0.3, 0.4) is 0 Å². The van der Waals surface area contributed by atoms with Crippen molar-refractivity contribution in [2.45, 2.75) is 45.2 Å². The van der Waals surface area contributed by atoms with Gasteiger partial charge in [0.25, 0.3) is 0 Å². The molecule has 0 saturated heterocycles. The highest BCUT2D eigenvalue weighted by atomic mass is 16.4. The Labute approximate surface area is 127 Å². The smallest absolute Gasteiger partial charge is 0.328 e. The maximum absolute atomic E-state index is 10.6. The van der Waals surface area contributed by atoms with Crippen molar-refractivity contribution in [1.29, 1.82) is 0 Å². The Morgan fingerprint density at radius 1 is 1.33 bits per heavy atom. The van der Waals surface area contributed by atoms with E-state index < -0.39 is 5.97 Å². The van der Waals surface area contributed by atoms with Crippen LogP contribution in [0.2, 0.25) is 0 Å². The van der Waals surface area contributed by atoms with Crippen LogP contribution < -0.4 is 0 Å². The number of carboxylic acid groups (broad SMARTS) is 1. The van der Waals surface area contributed by atoms with E-state index in [2.05, 4.69) is 31.0 Å². The van der Waals surface area contributed by atoms with Crippen molar-refractivity contribution in [3.63, 3.8) is 0 Å². The molecule has 1 aromatic carbocycles. The van der Waals surface area contributed by atoms with Crippen LogP contribution in [0.1, 0.15) is 43.7 Å². The van der Waals surface area contributed by atoms with Gasteiger partial charge in [0.05, 0.1) is 0 Å². The molecule has 0 aliphatic heterocycles. The van der Waals surface area contributed by atoms with Crippen molar-refractivity contribution in [2.24, 2.45) is 5.92 Å². The lowest BCUT2D eigenvalue weighted by Gasteiger charge is -2.33. The number of nitrogens with zero attached hydrogens (tertiary/aromatic N) is 1. The summed E-state index contributed by atoms with van der Waals surface area (Å²) in [6, 6.07) is 8.79. The summed E-state index contributed by atoms with van der Waals surface area (Å²) in [7, 11) is 2.19. The summed E-state index contributed by atoms with van der Waals surface area (Å²) in [6.07, 6.45) is 8.07. The van der Waals surface area contributed by atoms with E-state index in [1.165, 1.54) is 37.3 Å². The van der Waals surface area contributed by atoms with Crippen LogP contribution >= 0.6 is 0 Å². The maximum atomic E-state index is 10.6. The lowest BCUT2D eigenvalue weighted by atomic mass is 9.86. The van der Waals surface area contributed by atoms with Crippen LogP contribution in [0.15, 0.2) is 30.3 Å². The second-order valence-electron chi connectivity index (χ2n) is 6.25. The molecule has 1 aliphatic rings. The molecule has 3 heteroatoms. The second kappa shape index (κ2) is 7.41. The molecule has 1 aromatic rings. The molecule has 0 amide bonds. The van der Waals surface area contributed by atoms with Crippen molar-refractivity contribution in [3.05, 3.63) is 41.5 Å². The molecule has 1 N–H and O–H groups in total. The second-order valence-corrected chi connectivity index (χ2v) is 6.25. The Kier molecular flexibility index (Phi) is 5.57. The van der Waals surface area contributed by atoms with Gasteiger partial charge in [-0.1, -0.05) is 31.2 Å². The van der Waals surface area contributed by atoms with Crippen LogP contribution in [0.25, 0.3) is 6.08 Å². The molecule has 0 radical (unpaired) electrons. The van der Waals surface area contributed by atoms with E-state index in [1.807, 2.05) is 12.1 Å².